The Balaban J connectivity index is 2.17. The lowest BCUT2D eigenvalue weighted by atomic mass is 10.2. The number of nitrogens with two attached hydrogens (primary N) is 1. The summed E-state index contributed by atoms with van der Waals surface area (Å²) < 4.78 is 22.6. The molecular formula is C11H15N3O3S. The van der Waals surface area contributed by atoms with Gasteiger partial charge in [-0.1, -0.05) is 0 Å². The maximum absolute atomic E-state index is 12.2. The van der Waals surface area contributed by atoms with Crippen LogP contribution in [0.2, 0.25) is 0 Å². The number of anilines is 1. The Bertz CT molecular complexity index is 569. The van der Waals surface area contributed by atoms with Crippen LogP contribution < -0.4 is 5.73 Å². The van der Waals surface area contributed by atoms with Crippen molar-refractivity contribution in [2.75, 3.05) is 30.3 Å². The van der Waals surface area contributed by atoms with Crippen molar-refractivity contribution < 1.29 is 13.2 Å². The molecule has 6 nitrogen and oxygen atoms in total. The number of rotatable bonds is 1. The molecule has 1 aliphatic rings. The lowest BCUT2D eigenvalue weighted by Gasteiger charge is -2.27. The van der Waals surface area contributed by atoms with Gasteiger partial charge in [-0.25, -0.2) is 8.42 Å². The lowest BCUT2D eigenvalue weighted by molar-refractivity contribution is 0.0771. The van der Waals surface area contributed by atoms with Crippen LogP contribution in [0, 0.1) is 6.92 Å². The summed E-state index contributed by atoms with van der Waals surface area (Å²) in [6.45, 7) is 2.22. The fourth-order valence-corrected chi connectivity index (χ4v) is 3.05. The van der Waals surface area contributed by atoms with Crippen molar-refractivity contribution in [1.82, 2.24) is 9.88 Å². The maximum atomic E-state index is 12.2. The first-order valence-electron chi connectivity index (χ1n) is 5.61. The summed E-state index contributed by atoms with van der Waals surface area (Å²) in [5.41, 5.74) is 7.23. The zero-order chi connectivity index (χ0) is 13.3. The van der Waals surface area contributed by atoms with E-state index in [0.717, 1.165) is 5.69 Å². The minimum Gasteiger partial charge on any atom is -0.398 e. The molecule has 1 aromatic heterocycles. The first-order chi connectivity index (χ1) is 8.39. The van der Waals surface area contributed by atoms with Crippen molar-refractivity contribution >= 4 is 21.4 Å². The number of carbonyl (C=O) groups is 1. The molecule has 0 spiro atoms. The van der Waals surface area contributed by atoms with E-state index in [2.05, 4.69) is 4.98 Å². The Morgan fingerprint density at radius 1 is 1.39 bits per heavy atom. The van der Waals surface area contributed by atoms with E-state index in [0.29, 0.717) is 11.3 Å². The molecular weight excluding hydrogens is 254 g/mol. The van der Waals surface area contributed by atoms with Crippen molar-refractivity contribution in [2.45, 2.75) is 6.92 Å². The zero-order valence-corrected chi connectivity index (χ0v) is 10.9. The largest absolute Gasteiger partial charge is 0.398 e. The zero-order valence-electron chi connectivity index (χ0n) is 10.1. The number of pyridine rings is 1. The van der Waals surface area contributed by atoms with Crippen LogP contribution in [0.5, 0.6) is 0 Å². The van der Waals surface area contributed by atoms with E-state index in [1.54, 1.807) is 13.0 Å². The number of nitrogens with zero attached hydrogens (tertiary/aromatic N) is 2. The van der Waals surface area contributed by atoms with E-state index in [9.17, 15) is 13.2 Å². The molecule has 2 heterocycles. The number of aryl methyl sites for hydroxylation is 1. The molecule has 1 aliphatic heterocycles. The van der Waals surface area contributed by atoms with Crippen LogP contribution in [-0.2, 0) is 9.84 Å². The summed E-state index contributed by atoms with van der Waals surface area (Å²) >= 11 is 0. The Morgan fingerprint density at radius 2 is 2.00 bits per heavy atom. The number of hydrogen-bond donors (Lipinski definition) is 1. The van der Waals surface area contributed by atoms with Gasteiger partial charge in [-0.2, -0.15) is 0 Å². The number of amides is 1. The molecule has 0 aromatic carbocycles. The van der Waals surface area contributed by atoms with Crippen LogP contribution in [-0.4, -0.2) is 48.8 Å². The van der Waals surface area contributed by atoms with E-state index in [1.165, 1.54) is 11.1 Å². The van der Waals surface area contributed by atoms with Crippen molar-refractivity contribution in [1.29, 1.82) is 0 Å². The number of sulfone groups is 1. The van der Waals surface area contributed by atoms with Crippen LogP contribution in [0.3, 0.4) is 0 Å². The second-order valence-corrected chi connectivity index (χ2v) is 6.66. The van der Waals surface area contributed by atoms with Crippen LogP contribution >= 0.6 is 0 Å². The summed E-state index contributed by atoms with van der Waals surface area (Å²) in [6, 6.07) is 1.63. The first-order valence-corrected chi connectivity index (χ1v) is 7.43. The number of aromatic nitrogens is 1. The van der Waals surface area contributed by atoms with Crippen molar-refractivity contribution in [2.24, 2.45) is 0 Å². The van der Waals surface area contributed by atoms with E-state index < -0.39 is 9.84 Å². The molecule has 0 saturated carbocycles. The molecule has 1 aromatic rings. The topological polar surface area (TPSA) is 93.4 Å². The van der Waals surface area contributed by atoms with E-state index in [1.807, 2.05) is 0 Å². The highest BCUT2D eigenvalue weighted by molar-refractivity contribution is 7.91. The van der Waals surface area contributed by atoms with Gasteiger partial charge in [0.05, 0.1) is 17.1 Å². The SMILES string of the molecule is Cc1cc(N)c(C(=O)N2CCS(=O)(=O)CC2)cn1. The minimum absolute atomic E-state index is 0.0118. The Morgan fingerprint density at radius 3 is 2.56 bits per heavy atom. The molecule has 2 N–H and O–H groups in total. The van der Waals surface area contributed by atoms with E-state index in [4.69, 9.17) is 5.73 Å². The molecule has 98 valence electrons. The standard InChI is InChI=1S/C11H15N3O3S/c1-8-6-10(12)9(7-13-8)11(15)14-2-4-18(16,17)5-3-14/h6-7H,2-5H2,1H3,(H2,12,13). The van der Waals surface area contributed by atoms with Gasteiger partial charge in [-0.3, -0.25) is 9.78 Å². The highest BCUT2D eigenvalue weighted by atomic mass is 32.2. The van der Waals surface area contributed by atoms with Crippen molar-refractivity contribution in [3.8, 4) is 0 Å². The van der Waals surface area contributed by atoms with Gasteiger partial charge in [-0.05, 0) is 13.0 Å². The summed E-state index contributed by atoms with van der Waals surface area (Å²) in [5.74, 6) is -0.231. The molecule has 1 amide bonds. The van der Waals surface area contributed by atoms with Gasteiger partial charge >= 0.3 is 0 Å². The van der Waals surface area contributed by atoms with Gasteiger partial charge in [0, 0.05) is 30.7 Å². The summed E-state index contributed by atoms with van der Waals surface area (Å²) in [5, 5.41) is 0. The minimum atomic E-state index is -2.99. The predicted octanol–water partition coefficient (Wildman–Crippen LogP) is -0.157. The fraction of sp³-hybridized carbons (Fsp3) is 0.455. The number of hydrogen-bond acceptors (Lipinski definition) is 5. The molecule has 2 rings (SSSR count). The molecule has 0 unspecified atom stereocenters. The highest BCUT2D eigenvalue weighted by Gasteiger charge is 2.26. The monoisotopic (exact) mass is 269 g/mol. The third-order valence-electron chi connectivity index (χ3n) is 2.93. The Labute approximate surface area is 106 Å². The number of nitrogen functional groups attached to an aromatic ring is 1. The summed E-state index contributed by atoms with van der Waals surface area (Å²) in [6.07, 6.45) is 1.44. The molecule has 7 heteroatoms. The smallest absolute Gasteiger partial charge is 0.257 e. The summed E-state index contributed by atoms with van der Waals surface area (Å²) in [7, 11) is -2.99. The Kier molecular flexibility index (Phi) is 3.25. The van der Waals surface area contributed by atoms with Gasteiger partial charge in [0.2, 0.25) is 0 Å². The molecule has 0 aliphatic carbocycles. The molecule has 0 radical (unpaired) electrons. The Hall–Kier alpha value is -1.63. The van der Waals surface area contributed by atoms with Gasteiger partial charge in [0.15, 0.2) is 9.84 Å². The normalized spacial score (nSPS) is 18.6. The van der Waals surface area contributed by atoms with Crippen LogP contribution in [0.25, 0.3) is 0 Å². The molecule has 1 fully saturated rings. The molecule has 0 atom stereocenters. The third-order valence-corrected chi connectivity index (χ3v) is 4.54. The van der Waals surface area contributed by atoms with Gasteiger partial charge in [-0.15, -0.1) is 0 Å². The molecule has 1 saturated heterocycles. The second-order valence-electron chi connectivity index (χ2n) is 4.36. The first kappa shape index (κ1) is 12.8. The van der Waals surface area contributed by atoms with E-state index in [-0.39, 0.29) is 30.5 Å². The van der Waals surface area contributed by atoms with Gasteiger partial charge in [0.1, 0.15) is 0 Å². The summed E-state index contributed by atoms with van der Waals surface area (Å²) in [4.78, 5) is 17.7. The fourth-order valence-electron chi connectivity index (χ4n) is 1.85. The van der Waals surface area contributed by atoms with Gasteiger partial charge < -0.3 is 10.6 Å². The van der Waals surface area contributed by atoms with Crippen LogP contribution in [0.1, 0.15) is 16.1 Å². The van der Waals surface area contributed by atoms with Crippen LogP contribution in [0.4, 0.5) is 5.69 Å². The second kappa shape index (κ2) is 4.56. The van der Waals surface area contributed by atoms with Crippen LogP contribution in [0.15, 0.2) is 12.3 Å². The highest BCUT2D eigenvalue weighted by Crippen LogP contribution is 2.15. The lowest BCUT2D eigenvalue weighted by Crippen LogP contribution is -2.43. The third kappa shape index (κ3) is 2.61. The van der Waals surface area contributed by atoms with Crippen molar-refractivity contribution in [3.63, 3.8) is 0 Å². The maximum Gasteiger partial charge on any atom is 0.257 e. The van der Waals surface area contributed by atoms with Crippen molar-refractivity contribution in [3.05, 3.63) is 23.5 Å². The quantitative estimate of drug-likeness (QED) is 0.764. The predicted molar refractivity (Wildman–Crippen MR) is 67.9 cm³/mol. The van der Waals surface area contributed by atoms with E-state index >= 15 is 0 Å². The molecule has 18 heavy (non-hydrogen) atoms. The average molecular weight is 269 g/mol. The number of carbonyl (C=O) groups excluding carboxylic acids is 1. The molecule has 0 bridgehead atoms. The average Bonchev–Trinajstić information content (AvgIpc) is 2.28. The van der Waals surface area contributed by atoms with Gasteiger partial charge in [0.25, 0.3) is 5.91 Å².